The minimum Gasteiger partial charge on any atom is -0.497 e. The quantitative estimate of drug-likeness (QED) is 0.490. The van der Waals surface area contributed by atoms with E-state index in [-0.39, 0.29) is 16.6 Å². The van der Waals surface area contributed by atoms with Crippen molar-refractivity contribution in [2.24, 2.45) is 0 Å². The lowest BCUT2D eigenvalue weighted by Gasteiger charge is -2.16. The minimum atomic E-state index is -0.634. The van der Waals surface area contributed by atoms with Gasteiger partial charge in [-0.1, -0.05) is 35.9 Å². The third-order valence-electron chi connectivity index (χ3n) is 5.51. The van der Waals surface area contributed by atoms with Crippen LogP contribution in [0, 0.1) is 13.8 Å². The summed E-state index contributed by atoms with van der Waals surface area (Å²) < 4.78 is 5.12. The predicted octanol–water partition coefficient (Wildman–Crippen LogP) is 5.00. The molecular weight excluding hydrogens is 454 g/mol. The summed E-state index contributed by atoms with van der Waals surface area (Å²) >= 11 is 6.26. The van der Waals surface area contributed by atoms with Gasteiger partial charge in [0.05, 0.1) is 12.8 Å². The van der Waals surface area contributed by atoms with E-state index in [9.17, 15) is 14.4 Å². The molecule has 8 heteroatoms. The number of anilines is 3. The van der Waals surface area contributed by atoms with Crippen molar-refractivity contribution in [2.45, 2.75) is 13.8 Å². The number of benzene rings is 3. The summed E-state index contributed by atoms with van der Waals surface area (Å²) in [4.78, 5) is 39.6. The van der Waals surface area contributed by atoms with Gasteiger partial charge >= 0.3 is 0 Å². The number of ether oxygens (including phenoxy) is 1. The number of aryl methyl sites for hydroxylation is 2. The Morgan fingerprint density at radius 3 is 2.24 bits per heavy atom. The smallest absolute Gasteiger partial charge is 0.283 e. The molecule has 3 amide bonds. The molecule has 0 spiro atoms. The Kier molecular flexibility index (Phi) is 6.38. The van der Waals surface area contributed by atoms with Gasteiger partial charge in [0.2, 0.25) is 0 Å². The van der Waals surface area contributed by atoms with Crippen molar-refractivity contribution >= 4 is 46.4 Å². The number of carbonyl (C=O) groups is 3. The second kappa shape index (κ2) is 9.41. The third kappa shape index (κ3) is 4.38. The Labute approximate surface area is 202 Å². The average molecular weight is 476 g/mol. The van der Waals surface area contributed by atoms with Crippen LogP contribution < -0.4 is 20.3 Å². The van der Waals surface area contributed by atoms with Crippen LogP contribution in [0.4, 0.5) is 17.1 Å². The summed E-state index contributed by atoms with van der Waals surface area (Å²) in [6.07, 6.45) is 0. The summed E-state index contributed by atoms with van der Waals surface area (Å²) in [5, 5.41) is 5.62. The van der Waals surface area contributed by atoms with Crippen LogP contribution in [0.5, 0.6) is 5.75 Å². The molecule has 0 bridgehead atoms. The topological polar surface area (TPSA) is 87.7 Å². The normalized spacial score (nSPS) is 13.4. The molecule has 2 N–H and O–H groups in total. The Hall–Kier alpha value is -4.10. The van der Waals surface area contributed by atoms with Gasteiger partial charge in [0, 0.05) is 16.9 Å². The number of methoxy groups -OCH3 is 1. The van der Waals surface area contributed by atoms with Gasteiger partial charge in [-0.05, 0) is 67.4 Å². The Bertz CT molecular complexity index is 1330. The van der Waals surface area contributed by atoms with E-state index >= 15 is 0 Å². The first-order valence-corrected chi connectivity index (χ1v) is 10.8. The molecular formula is C26H22ClN3O4. The molecule has 1 aliphatic heterocycles. The highest BCUT2D eigenvalue weighted by atomic mass is 35.5. The van der Waals surface area contributed by atoms with Crippen LogP contribution in [0.1, 0.15) is 21.5 Å². The molecule has 3 aromatic carbocycles. The molecule has 1 heterocycles. The van der Waals surface area contributed by atoms with E-state index in [0.717, 1.165) is 16.0 Å². The van der Waals surface area contributed by atoms with Gasteiger partial charge in [0.25, 0.3) is 17.7 Å². The Balaban J connectivity index is 1.58. The van der Waals surface area contributed by atoms with E-state index in [1.807, 2.05) is 38.1 Å². The number of amides is 3. The van der Waals surface area contributed by atoms with E-state index in [1.54, 1.807) is 42.5 Å². The summed E-state index contributed by atoms with van der Waals surface area (Å²) in [6, 6.07) is 19.0. The SMILES string of the molecule is COc1ccc(N2C(=O)C(Cl)=C(Nc3cc(C(=O)Nc4ccccc4C)ccc3C)C2=O)cc1. The second-order valence-corrected chi connectivity index (χ2v) is 8.13. The zero-order valence-electron chi connectivity index (χ0n) is 18.8. The van der Waals surface area contributed by atoms with E-state index in [2.05, 4.69) is 10.6 Å². The number of hydrogen-bond donors (Lipinski definition) is 2. The largest absolute Gasteiger partial charge is 0.497 e. The molecule has 0 atom stereocenters. The molecule has 34 heavy (non-hydrogen) atoms. The monoisotopic (exact) mass is 475 g/mol. The fraction of sp³-hybridized carbons (Fsp3) is 0.115. The predicted molar refractivity (Wildman–Crippen MR) is 132 cm³/mol. The van der Waals surface area contributed by atoms with Crippen LogP contribution in [0.3, 0.4) is 0 Å². The first-order valence-electron chi connectivity index (χ1n) is 10.5. The van der Waals surface area contributed by atoms with Gasteiger partial charge in [-0.3, -0.25) is 14.4 Å². The van der Waals surface area contributed by atoms with Crippen molar-refractivity contribution in [1.29, 1.82) is 0 Å². The van der Waals surface area contributed by atoms with Gasteiger partial charge in [0.1, 0.15) is 16.5 Å². The van der Waals surface area contributed by atoms with Gasteiger partial charge in [0.15, 0.2) is 0 Å². The maximum Gasteiger partial charge on any atom is 0.283 e. The summed E-state index contributed by atoms with van der Waals surface area (Å²) in [5.41, 5.74) is 3.61. The molecule has 7 nitrogen and oxygen atoms in total. The third-order valence-corrected chi connectivity index (χ3v) is 5.86. The van der Waals surface area contributed by atoms with E-state index in [0.29, 0.717) is 28.4 Å². The number of halogens is 1. The van der Waals surface area contributed by atoms with Crippen LogP contribution in [0.25, 0.3) is 0 Å². The van der Waals surface area contributed by atoms with Crippen molar-refractivity contribution in [3.63, 3.8) is 0 Å². The van der Waals surface area contributed by atoms with Crippen molar-refractivity contribution in [1.82, 2.24) is 0 Å². The van der Waals surface area contributed by atoms with Crippen LogP contribution in [0.2, 0.25) is 0 Å². The van der Waals surface area contributed by atoms with Crippen molar-refractivity contribution in [3.8, 4) is 5.75 Å². The fourth-order valence-electron chi connectivity index (χ4n) is 3.52. The zero-order chi connectivity index (χ0) is 24.4. The maximum atomic E-state index is 13.1. The first kappa shape index (κ1) is 23.1. The lowest BCUT2D eigenvalue weighted by atomic mass is 10.1. The molecule has 1 aliphatic rings. The lowest BCUT2D eigenvalue weighted by Crippen LogP contribution is -2.32. The number of hydrogen-bond acceptors (Lipinski definition) is 5. The van der Waals surface area contributed by atoms with Crippen LogP contribution in [-0.2, 0) is 9.59 Å². The number of imide groups is 1. The van der Waals surface area contributed by atoms with Gasteiger partial charge in [-0.15, -0.1) is 0 Å². The highest BCUT2D eigenvalue weighted by Gasteiger charge is 2.39. The molecule has 0 aliphatic carbocycles. The number of nitrogens with one attached hydrogen (secondary N) is 2. The highest BCUT2D eigenvalue weighted by molar-refractivity contribution is 6.53. The molecule has 0 aromatic heterocycles. The van der Waals surface area contributed by atoms with Crippen LogP contribution in [-0.4, -0.2) is 24.8 Å². The molecule has 0 unspecified atom stereocenters. The standard InChI is InChI=1S/C26H22ClN3O4/c1-15-6-4-5-7-20(15)29-24(31)17-9-8-16(2)21(14-17)28-23-22(27)25(32)30(26(23)33)18-10-12-19(34-3)13-11-18/h4-14,28H,1-3H3,(H,29,31). The molecule has 3 aromatic rings. The molecule has 4 rings (SSSR count). The van der Waals surface area contributed by atoms with E-state index in [1.165, 1.54) is 7.11 Å². The van der Waals surface area contributed by atoms with Gasteiger partial charge < -0.3 is 15.4 Å². The van der Waals surface area contributed by atoms with E-state index in [4.69, 9.17) is 16.3 Å². The molecule has 0 radical (unpaired) electrons. The maximum absolute atomic E-state index is 13.1. The van der Waals surface area contributed by atoms with Crippen molar-refractivity contribution in [2.75, 3.05) is 22.6 Å². The van der Waals surface area contributed by atoms with Gasteiger partial charge in [-0.25, -0.2) is 4.90 Å². The number of para-hydroxylation sites is 1. The Morgan fingerprint density at radius 2 is 1.56 bits per heavy atom. The molecule has 0 fully saturated rings. The lowest BCUT2D eigenvalue weighted by molar-refractivity contribution is -0.120. The average Bonchev–Trinajstić information content (AvgIpc) is 3.05. The first-order chi connectivity index (χ1) is 16.3. The fourth-order valence-corrected chi connectivity index (χ4v) is 3.73. The number of carbonyl (C=O) groups excluding carboxylic acids is 3. The molecule has 0 saturated carbocycles. The van der Waals surface area contributed by atoms with Crippen molar-refractivity contribution in [3.05, 3.63) is 94.1 Å². The van der Waals surface area contributed by atoms with Crippen LogP contribution in [0.15, 0.2) is 77.5 Å². The van der Waals surface area contributed by atoms with E-state index < -0.39 is 11.8 Å². The van der Waals surface area contributed by atoms with Crippen molar-refractivity contribution < 1.29 is 19.1 Å². The number of nitrogens with zero attached hydrogens (tertiary/aromatic N) is 1. The molecule has 172 valence electrons. The Morgan fingerprint density at radius 1 is 0.882 bits per heavy atom. The second-order valence-electron chi connectivity index (χ2n) is 7.76. The summed E-state index contributed by atoms with van der Waals surface area (Å²) in [6.45, 7) is 3.73. The summed E-state index contributed by atoms with van der Waals surface area (Å²) in [7, 11) is 1.53. The summed E-state index contributed by atoms with van der Waals surface area (Å²) in [5.74, 6) is -0.928. The highest BCUT2D eigenvalue weighted by Crippen LogP contribution is 2.32. The number of rotatable bonds is 6. The van der Waals surface area contributed by atoms with Gasteiger partial charge in [-0.2, -0.15) is 0 Å². The zero-order valence-corrected chi connectivity index (χ0v) is 19.6. The van der Waals surface area contributed by atoms with Crippen LogP contribution >= 0.6 is 11.6 Å². The minimum absolute atomic E-state index is 0.0537. The molecule has 0 saturated heterocycles.